The molecule has 2 aliphatic carbocycles. The Hall–Kier alpha value is -1.51. The van der Waals surface area contributed by atoms with E-state index >= 15 is 0 Å². The molecule has 0 aromatic heterocycles. The Labute approximate surface area is 107 Å². The van der Waals surface area contributed by atoms with Crippen LogP contribution in [-0.4, -0.2) is 17.1 Å². The minimum atomic E-state index is -0.841. The SMILES string of the molecule is Cc1cccc(C(=O)O)c1NC(C1CC1)C1CC1. The van der Waals surface area contributed by atoms with E-state index in [-0.39, 0.29) is 0 Å². The van der Waals surface area contributed by atoms with Gasteiger partial charge in [-0.3, -0.25) is 0 Å². The normalized spacial score (nSPS) is 19.0. The van der Waals surface area contributed by atoms with Crippen molar-refractivity contribution in [3.8, 4) is 0 Å². The van der Waals surface area contributed by atoms with E-state index in [1.807, 2.05) is 19.1 Å². The van der Waals surface area contributed by atoms with Crippen LogP contribution in [0.2, 0.25) is 0 Å². The summed E-state index contributed by atoms with van der Waals surface area (Å²) >= 11 is 0. The van der Waals surface area contributed by atoms with E-state index in [0.717, 1.165) is 23.1 Å². The zero-order chi connectivity index (χ0) is 12.7. The lowest BCUT2D eigenvalue weighted by Gasteiger charge is -2.22. The highest BCUT2D eigenvalue weighted by Gasteiger charge is 2.41. The van der Waals surface area contributed by atoms with Gasteiger partial charge in [0, 0.05) is 6.04 Å². The minimum absolute atomic E-state index is 0.404. The molecule has 2 N–H and O–H groups in total. The molecular formula is C15H19NO2. The van der Waals surface area contributed by atoms with Crippen molar-refractivity contribution in [1.29, 1.82) is 0 Å². The van der Waals surface area contributed by atoms with Crippen molar-refractivity contribution >= 4 is 11.7 Å². The van der Waals surface area contributed by atoms with E-state index in [1.54, 1.807) is 6.07 Å². The first-order valence-electron chi connectivity index (χ1n) is 6.76. The van der Waals surface area contributed by atoms with Gasteiger partial charge in [-0.1, -0.05) is 12.1 Å². The smallest absolute Gasteiger partial charge is 0.337 e. The number of aromatic carboxylic acids is 1. The van der Waals surface area contributed by atoms with Crippen molar-refractivity contribution in [1.82, 2.24) is 0 Å². The summed E-state index contributed by atoms with van der Waals surface area (Å²) in [4.78, 5) is 11.3. The van der Waals surface area contributed by atoms with Crippen molar-refractivity contribution in [2.45, 2.75) is 38.6 Å². The first kappa shape index (κ1) is 11.6. The van der Waals surface area contributed by atoms with Gasteiger partial charge < -0.3 is 10.4 Å². The van der Waals surface area contributed by atoms with Gasteiger partial charge in [-0.05, 0) is 56.1 Å². The van der Waals surface area contributed by atoms with Gasteiger partial charge >= 0.3 is 5.97 Å². The van der Waals surface area contributed by atoms with Crippen molar-refractivity contribution in [2.75, 3.05) is 5.32 Å². The molecule has 0 saturated heterocycles. The molecular weight excluding hydrogens is 226 g/mol. The van der Waals surface area contributed by atoms with Gasteiger partial charge in [0.1, 0.15) is 0 Å². The van der Waals surface area contributed by atoms with E-state index in [4.69, 9.17) is 0 Å². The maximum atomic E-state index is 11.3. The van der Waals surface area contributed by atoms with Crippen LogP contribution in [-0.2, 0) is 0 Å². The molecule has 1 aromatic rings. The van der Waals surface area contributed by atoms with E-state index in [2.05, 4.69) is 5.32 Å². The summed E-state index contributed by atoms with van der Waals surface area (Å²) in [6, 6.07) is 5.97. The zero-order valence-electron chi connectivity index (χ0n) is 10.6. The summed E-state index contributed by atoms with van der Waals surface area (Å²) < 4.78 is 0. The standard InChI is InChI=1S/C15H19NO2/c1-9-3-2-4-12(15(17)18)13(9)16-14(10-5-6-10)11-7-8-11/h2-4,10-11,14,16H,5-8H2,1H3,(H,17,18). The largest absolute Gasteiger partial charge is 0.478 e. The predicted octanol–water partition coefficient (Wildman–Crippen LogP) is 3.29. The quantitative estimate of drug-likeness (QED) is 0.836. The summed E-state index contributed by atoms with van der Waals surface area (Å²) in [6.07, 6.45) is 5.18. The average molecular weight is 245 g/mol. The lowest BCUT2D eigenvalue weighted by molar-refractivity contribution is 0.0697. The molecule has 0 amide bonds. The van der Waals surface area contributed by atoms with Gasteiger partial charge in [-0.15, -0.1) is 0 Å². The number of rotatable bonds is 5. The van der Waals surface area contributed by atoms with E-state index in [0.29, 0.717) is 11.6 Å². The second-order valence-corrected chi connectivity index (χ2v) is 5.65. The van der Waals surface area contributed by atoms with E-state index < -0.39 is 5.97 Å². The highest BCUT2D eigenvalue weighted by molar-refractivity contribution is 5.95. The Morgan fingerprint density at radius 1 is 1.28 bits per heavy atom. The van der Waals surface area contributed by atoms with Gasteiger partial charge in [-0.25, -0.2) is 4.79 Å². The third-order valence-electron chi connectivity index (χ3n) is 4.07. The number of carboxylic acid groups (broad SMARTS) is 1. The van der Waals surface area contributed by atoms with Crippen molar-refractivity contribution in [3.05, 3.63) is 29.3 Å². The Balaban J connectivity index is 1.88. The maximum absolute atomic E-state index is 11.3. The van der Waals surface area contributed by atoms with Gasteiger partial charge in [0.2, 0.25) is 0 Å². The van der Waals surface area contributed by atoms with Crippen LogP contribution >= 0.6 is 0 Å². The van der Waals surface area contributed by atoms with Crippen LogP contribution in [0.5, 0.6) is 0 Å². The molecule has 2 aliphatic rings. The average Bonchev–Trinajstić information content (AvgIpc) is 3.19. The van der Waals surface area contributed by atoms with Crippen molar-refractivity contribution in [3.63, 3.8) is 0 Å². The monoisotopic (exact) mass is 245 g/mol. The Kier molecular flexibility index (Phi) is 2.77. The number of nitrogens with one attached hydrogen (secondary N) is 1. The number of hydrogen-bond acceptors (Lipinski definition) is 2. The second kappa shape index (κ2) is 4.30. The molecule has 0 atom stereocenters. The summed E-state index contributed by atoms with van der Waals surface area (Å²) in [5.41, 5.74) is 2.26. The lowest BCUT2D eigenvalue weighted by atomic mass is 10.0. The van der Waals surface area contributed by atoms with Crippen LogP contribution in [0.25, 0.3) is 0 Å². The third kappa shape index (κ3) is 2.22. The zero-order valence-corrected chi connectivity index (χ0v) is 10.6. The molecule has 2 fully saturated rings. The van der Waals surface area contributed by atoms with Gasteiger partial charge in [0.15, 0.2) is 0 Å². The number of carbonyl (C=O) groups is 1. The Bertz CT molecular complexity index is 463. The number of benzene rings is 1. The molecule has 2 saturated carbocycles. The fourth-order valence-electron chi connectivity index (χ4n) is 2.74. The van der Waals surface area contributed by atoms with Crippen LogP contribution in [0.15, 0.2) is 18.2 Å². The molecule has 18 heavy (non-hydrogen) atoms. The van der Waals surface area contributed by atoms with Crippen LogP contribution in [0.3, 0.4) is 0 Å². The number of hydrogen-bond donors (Lipinski definition) is 2. The van der Waals surface area contributed by atoms with E-state index in [9.17, 15) is 9.90 Å². The number of aryl methyl sites for hydroxylation is 1. The van der Waals surface area contributed by atoms with Gasteiger partial charge in [0.25, 0.3) is 0 Å². The van der Waals surface area contributed by atoms with Crippen LogP contribution in [0.1, 0.15) is 41.6 Å². The predicted molar refractivity (Wildman–Crippen MR) is 71.0 cm³/mol. The summed E-state index contributed by atoms with van der Waals surface area (Å²) in [5, 5.41) is 12.8. The molecule has 0 bridgehead atoms. The Morgan fingerprint density at radius 2 is 1.89 bits per heavy atom. The Morgan fingerprint density at radius 3 is 2.39 bits per heavy atom. The second-order valence-electron chi connectivity index (χ2n) is 5.65. The van der Waals surface area contributed by atoms with Crippen LogP contribution < -0.4 is 5.32 Å². The van der Waals surface area contributed by atoms with Gasteiger partial charge in [-0.2, -0.15) is 0 Å². The molecule has 0 unspecified atom stereocenters. The molecule has 3 rings (SSSR count). The van der Waals surface area contributed by atoms with Crippen LogP contribution in [0, 0.1) is 18.8 Å². The fourth-order valence-corrected chi connectivity index (χ4v) is 2.74. The molecule has 0 spiro atoms. The fraction of sp³-hybridized carbons (Fsp3) is 0.533. The summed E-state index contributed by atoms with van der Waals surface area (Å²) in [7, 11) is 0. The maximum Gasteiger partial charge on any atom is 0.337 e. The summed E-state index contributed by atoms with van der Waals surface area (Å²) in [6.45, 7) is 1.98. The van der Waals surface area contributed by atoms with Crippen molar-refractivity contribution < 1.29 is 9.90 Å². The lowest BCUT2D eigenvalue weighted by Crippen LogP contribution is -2.26. The molecule has 96 valence electrons. The molecule has 0 aliphatic heterocycles. The topological polar surface area (TPSA) is 49.3 Å². The number of carboxylic acids is 1. The first-order valence-corrected chi connectivity index (χ1v) is 6.76. The highest BCUT2D eigenvalue weighted by atomic mass is 16.4. The van der Waals surface area contributed by atoms with E-state index in [1.165, 1.54) is 25.7 Å². The first-order chi connectivity index (χ1) is 8.66. The van der Waals surface area contributed by atoms with Crippen LogP contribution in [0.4, 0.5) is 5.69 Å². The molecule has 0 heterocycles. The van der Waals surface area contributed by atoms with Gasteiger partial charge in [0.05, 0.1) is 11.3 Å². The molecule has 0 radical (unpaired) electrons. The minimum Gasteiger partial charge on any atom is -0.478 e. The number of para-hydroxylation sites is 1. The molecule has 1 aromatic carbocycles. The summed E-state index contributed by atoms with van der Waals surface area (Å²) in [5.74, 6) is 0.684. The third-order valence-corrected chi connectivity index (χ3v) is 4.07. The highest BCUT2D eigenvalue weighted by Crippen LogP contribution is 2.46. The molecule has 3 nitrogen and oxygen atoms in total. The molecule has 3 heteroatoms. The number of anilines is 1. The van der Waals surface area contributed by atoms with Crippen molar-refractivity contribution in [2.24, 2.45) is 11.8 Å².